The summed E-state index contributed by atoms with van der Waals surface area (Å²) in [5, 5.41) is 0. The third-order valence-electron chi connectivity index (χ3n) is 3.29. The van der Waals surface area contributed by atoms with Crippen LogP contribution in [0.15, 0.2) is 11.6 Å². The van der Waals surface area contributed by atoms with E-state index in [0.29, 0.717) is 5.41 Å². The quantitative estimate of drug-likeness (QED) is 0.473. The molecule has 2 aliphatic rings. The van der Waals surface area contributed by atoms with E-state index in [1.807, 2.05) is 0 Å². The van der Waals surface area contributed by atoms with E-state index in [9.17, 15) is 4.79 Å². The molecule has 2 fully saturated rings. The maximum Gasteiger partial charge on any atom is 0.330 e. The summed E-state index contributed by atoms with van der Waals surface area (Å²) < 4.78 is 9.85. The number of methoxy groups -OCH3 is 1. The van der Waals surface area contributed by atoms with Gasteiger partial charge in [0, 0.05) is 11.5 Å². The molecule has 1 spiro atoms. The van der Waals surface area contributed by atoms with Crippen molar-refractivity contribution in [1.29, 1.82) is 0 Å². The highest BCUT2D eigenvalue weighted by atomic mass is 16.5. The Labute approximate surface area is 84.1 Å². The SMILES string of the molecule is COC(=O)C=C1CCC2(CC1)COC2. The van der Waals surface area contributed by atoms with Gasteiger partial charge in [-0.2, -0.15) is 0 Å². The summed E-state index contributed by atoms with van der Waals surface area (Å²) in [7, 11) is 1.42. The minimum atomic E-state index is -0.221. The molecule has 0 aromatic heterocycles. The zero-order valence-corrected chi connectivity index (χ0v) is 8.54. The Morgan fingerprint density at radius 3 is 2.50 bits per heavy atom. The predicted molar refractivity (Wildman–Crippen MR) is 51.8 cm³/mol. The molecule has 1 heterocycles. The molecule has 14 heavy (non-hydrogen) atoms. The fourth-order valence-corrected chi connectivity index (χ4v) is 2.15. The molecule has 0 amide bonds. The van der Waals surface area contributed by atoms with Gasteiger partial charge in [-0.05, 0) is 25.7 Å². The zero-order valence-electron chi connectivity index (χ0n) is 8.54. The highest BCUT2D eigenvalue weighted by Crippen LogP contribution is 2.43. The average Bonchev–Trinajstić information content (AvgIpc) is 2.16. The number of allylic oxidation sites excluding steroid dienone is 1. The molecule has 0 radical (unpaired) electrons. The number of rotatable bonds is 1. The van der Waals surface area contributed by atoms with Crippen LogP contribution in [0.5, 0.6) is 0 Å². The molecule has 0 bridgehead atoms. The maximum atomic E-state index is 11.0. The van der Waals surface area contributed by atoms with Gasteiger partial charge < -0.3 is 9.47 Å². The fraction of sp³-hybridized carbons (Fsp3) is 0.727. The molecule has 1 saturated carbocycles. The number of carbonyl (C=O) groups excluding carboxylic acids is 1. The van der Waals surface area contributed by atoms with Gasteiger partial charge in [0.25, 0.3) is 0 Å². The van der Waals surface area contributed by atoms with Crippen LogP contribution in [0, 0.1) is 5.41 Å². The molecule has 3 nitrogen and oxygen atoms in total. The predicted octanol–water partition coefficient (Wildman–Crippen LogP) is 1.68. The van der Waals surface area contributed by atoms with Crippen molar-refractivity contribution in [2.24, 2.45) is 5.41 Å². The largest absolute Gasteiger partial charge is 0.466 e. The third kappa shape index (κ3) is 1.82. The van der Waals surface area contributed by atoms with E-state index in [0.717, 1.165) is 38.9 Å². The van der Waals surface area contributed by atoms with E-state index < -0.39 is 0 Å². The Balaban J connectivity index is 1.89. The second kappa shape index (κ2) is 3.73. The molecule has 2 rings (SSSR count). The van der Waals surface area contributed by atoms with Gasteiger partial charge in [0.15, 0.2) is 0 Å². The van der Waals surface area contributed by atoms with Crippen molar-refractivity contribution in [2.45, 2.75) is 25.7 Å². The molecule has 1 aliphatic heterocycles. The lowest BCUT2D eigenvalue weighted by atomic mass is 9.71. The summed E-state index contributed by atoms with van der Waals surface area (Å²) in [5.74, 6) is -0.221. The zero-order chi connectivity index (χ0) is 10.0. The van der Waals surface area contributed by atoms with Gasteiger partial charge in [-0.1, -0.05) is 5.57 Å². The summed E-state index contributed by atoms with van der Waals surface area (Å²) in [6, 6.07) is 0. The topological polar surface area (TPSA) is 35.5 Å². The molecule has 0 atom stereocenters. The molecule has 1 saturated heterocycles. The van der Waals surface area contributed by atoms with Crippen molar-refractivity contribution >= 4 is 5.97 Å². The monoisotopic (exact) mass is 196 g/mol. The summed E-state index contributed by atoms with van der Waals surface area (Å²) in [5.41, 5.74) is 1.68. The van der Waals surface area contributed by atoms with Crippen LogP contribution in [-0.2, 0) is 14.3 Å². The lowest BCUT2D eigenvalue weighted by molar-refractivity contribution is -0.135. The van der Waals surface area contributed by atoms with Crippen molar-refractivity contribution < 1.29 is 14.3 Å². The van der Waals surface area contributed by atoms with Crippen LogP contribution < -0.4 is 0 Å². The molecular formula is C11H16O3. The molecular weight excluding hydrogens is 180 g/mol. The van der Waals surface area contributed by atoms with Crippen LogP contribution in [0.25, 0.3) is 0 Å². The van der Waals surface area contributed by atoms with Gasteiger partial charge >= 0.3 is 5.97 Å². The van der Waals surface area contributed by atoms with E-state index in [1.165, 1.54) is 12.7 Å². The second-order valence-corrected chi connectivity index (χ2v) is 4.32. The van der Waals surface area contributed by atoms with Crippen LogP contribution in [0.2, 0.25) is 0 Å². The summed E-state index contributed by atoms with van der Waals surface area (Å²) in [6.07, 6.45) is 6.02. The Hall–Kier alpha value is -0.830. The first-order chi connectivity index (χ1) is 6.74. The summed E-state index contributed by atoms with van der Waals surface area (Å²) in [6.45, 7) is 1.83. The van der Waals surface area contributed by atoms with Crippen LogP contribution >= 0.6 is 0 Å². The first-order valence-electron chi connectivity index (χ1n) is 5.09. The highest BCUT2D eigenvalue weighted by molar-refractivity contribution is 5.82. The van der Waals surface area contributed by atoms with Crippen LogP contribution in [0.1, 0.15) is 25.7 Å². The van der Waals surface area contributed by atoms with Gasteiger partial charge in [-0.15, -0.1) is 0 Å². The Morgan fingerprint density at radius 1 is 1.43 bits per heavy atom. The Bertz CT molecular complexity index is 252. The fourth-order valence-electron chi connectivity index (χ4n) is 2.15. The second-order valence-electron chi connectivity index (χ2n) is 4.32. The minimum Gasteiger partial charge on any atom is -0.466 e. The molecule has 0 N–H and O–H groups in total. The molecule has 3 heteroatoms. The van der Waals surface area contributed by atoms with Crippen molar-refractivity contribution in [3.63, 3.8) is 0 Å². The maximum absolute atomic E-state index is 11.0. The van der Waals surface area contributed by atoms with Gasteiger partial charge in [0.1, 0.15) is 0 Å². The standard InChI is InChI=1S/C11H16O3/c1-13-10(12)6-9-2-4-11(5-3-9)7-14-8-11/h6H,2-5,7-8H2,1H3. The molecule has 1 aliphatic carbocycles. The van der Waals surface area contributed by atoms with Gasteiger partial charge in [0.05, 0.1) is 20.3 Å². The van der Waals surface area contributed by atoms with Gasteiger partial charge in [-0.25, -0.2) is 4.79 Å². The van der Waals surface area contributed by atoms with Crippen molar-refractivity contribution in [3.8, 4) is 0 Å². The van der Waals surface area contributed by atoms with Crippen LogP contribution in [0.3, 0.4) is 0 Å². The van der Waals surface area contributed by atoms with E-state index in [4.69, 9.17) is 4.74 Å². The summed E-state index contributed by atoms with van der Waals surface area (Å²) >= 11 is 0. The van der Waals surface area contributed by atoms with Gasteiger partial charge in [0.2, 0.25) is 0 Å². The van der Waals surface area contributed by atoms with E-state index >= 15 is 0 Å². The van der Waals surface area contributed by atoms with Crippen molar-refractivity contribution in [1.82, 2.24) is 0 Å². The van der Waals surface area contributed by atoms with E-state index in [1.54, 1.807) is 6.08 Å². The highest BCUT2D eigenvalue weighted by Gasteiger charge is 2.40. The first kappa shape index (κ1) is 9.71. The Kier molecular flexibility index (Phi) is 2.59. The number of ether oxygens (including phenoxy) is 2. The lowest BCUT2D eigenvalue weighted by Crippen LogP contribution is -2.44. The molecule has 0 aromatic carbocycles. The lowest BCUT2D eigenvalue weighted by Gasteiger charge is -2.44. The number of hydrogen-bond acceptors (Lipinski definition) is 3. The minimum absolute atomic E-state index is 0.221. The number of hydrogen-bond donors (Lipinski definition) is 0. The summed E-state index contributed by atoms with van der Waals surface area (Å²) in [4.78, 5) is 11.0. The third-order valence-corrected chi connectivity index (χ3v) is 3.29. The van der Waals surface area contributed by atoms with Crippen LogP contribution in [-0.4, -0.2) is 26.3 Å². The van der Waals surface area contributed by atoms with E-state index in [-0.39, 0.29) is 5.97 Å². The number of carbonyl (C=O) groups is 1. The van der Waals surface area contributed by atoms with Crippen molar-refractivity contribution in [3.05, 3.63) is 11.6 Å². The van der Waals surface area contributed by atoms with Crippen LogP contribution in [0.4, 0.5) is 0 Å². The van der Waals surface area contributed by atoms with Crippen molar-refractivity contribution in [2.75, 3.05) is 20.3 Å². The average molecular weight is 196 g/mol. The van der Waals surface area contributed by atoms with E-state index in [2.05, 4.69) is 4.74 Å². The molecule has 78 valence electrons. The molecule has 0 aromatic rings. The van der Waals surface area contributed by atoms with Gasteiger partial charge in [-0.3, -0.25) is 0 Å². The molecule has 0 unspecified atom stereocenters. The Morgan fingerprint density at radius 2 is 2.07 bits per heavy atom. The first-order valence-corrected chi connectivity index (χ1v) is 5.09. The number of esters is 1. The smallest absolute Gasteiger partial charge is 0.330 e. The normalized spacial score (nSPS) is 24.2.